The Morgan fingerprint density at radius 2 is 1.76 bits per heavy atom. The normalized spacial score (nSPS) is 14.5. The lowest BCUT2D eigenvalue weighted by molar-refractivity contribution is -0.283. The van der Waals surface area contributed by atoms with Gasteiger partial charge in [-0.1, -0.05) is 12.1 Å². The maximum atomic E-state index is 8.25. The molecule has 0 radical (unpaired) electrons. The minimum atomic E-state index is -0.500. The molecule has 7 nitrogen and oxygen atoms in total. The smallest absolute Gasteiger partial charge is 0.251 e. The molecule has 7 heteroatoms. The van der Waals surface area contributed by atoms with Gasteiger partial charge in [0.25, 0.3) is 5.96 Å². The van der Waals surface area contributed by atoms with Crippen molar-refractivity contribution in [2.75, 3.05) is 7.11 Å². The number of rotatable bonds is 2. The van der Waals surface area contributed by atoms with Crippen LogP contribution >= 0.6 is 0 Å². The third-order valence-corrected chi connectivity index (χ3v) is 3.48. The number of benzene rings is 1. The van der Waals surface area contributed by atoms with Crippen LogP contribution in [0.1, 0.15) is 23.9 Å². The molecule has 0 bridgehead atoms. The highest BCUT2D eigenvalue weighted by atomic mass is 16.5. The Kier molecular flexibility index (Phi) is 5.84. The number of carbonyl (C=O) groups excluding carboxylic acids is 1. The molecule has 1 aliphatic heterocycles. The van der Waals surface area contributed by atoms with Crippen LogP contribution in [0.5, 0.6) is 5.75 Å². The van der Waals surface area contributed by atoms with Gasteiger partial charge in [-0.25, -0.2) is 14.7 Å². The monoisotopic (exact) mass is 339 g/mol. The molecule has 0 atom stereocenters. The first-order valence-electron chi connectivity index (χ1n) is 7.58. The average Bonchev–Trinajstić information content (AvgIpc) is 3.11. The van der Waals surface area contributed by atoms with Crippen LogP contribution in [0.15, 0.2) is 46.0 Å². The number of carbonyl (C=O) groups is 1. The third-order valence-electron chi connectivity index (χ3n) is 3.48. The van der Waals surface area contributed by atoms with Crippen LogP contribution in [0.4, 0.5) is 0 Å². The third kappa shape index (κ3) is 4.41. The number of aryl methyl sites for hydroxylation is 2. The van der Waals surface area contributed by atoms with Crippen molar-refractivity contribution >= 4 is 24.2 Å². The fourth-order valence-corrected chi connectivity index (χ4v) is 2.34. The predicted molar refractivity (Wildman–Crippen MR) is 94.7 cm³/mol. The van der Waals surface area contributed by atoms with E-state index < -0.39 is 6.47 Å². The molecular formula is C18H19N4O3-. The summed E-state index contributed by atoms with van der Waals surface area (Å²) in [7, 11) is 1.66. The minimum Gasteiger partial charge on any atom is -0.554 e. The number of hydrogen-bond donors (Lipinski definition) is 0. The second-order valence-corrected chi connectivity index (χ2v) is 5.35. The van der Waals surface area contributed by atoms with Gasteiger partial charge in [0.2, 0.25) is 0 Å². The second kappa shape index (κ2) is 8.05. The molecule has 3 rings (SSSR count). The fourth-order valence-electron chi connectivity index (χ4n) is 2.34. The van der Waals surface area contributed by atoms with Gasteiger partial charge in [-0.2, -0.15) is 5.10 Å². The van der Waals surface area contributed by atoms with Crippen LogP contribution in [0.25, 0.3) is 6.08 Å². The van der Waals surface area contributed by atoms with E-state index in [2.05, 4.69) is 15.1 Å². The largest absolute Gasteiger partial charge is 0.554 e. The van der Waals surface area contributed by atoms with Gasteiger partial charge in [-0.15, -0.1) is 0 Å². The van der Waals surface area contributed by atoms with E-state index in [0.717, 1.165) is 34.1 Å². The molecule has 0 aliphatic carbocycles. The Labute approximate surface area is 146 Å². The molecular weight excluding hydrogens is 320 g/mol. The zero-order valence-electron chi connectivity index (χ0n) is 14.6. The van der Waals surface area contributed by atoms with E-state index in [1.54, 1.807) is 11.8 Å². The highest BCUT2D eigenvalue weighted by molar-refractivity contribution is 6.13. The molecule has 0 fully saturated rings. The number of hydrogen-bond acceptors (Lipinski definition) is 6. The lowest BCUT2D eigenvalue weighted by Gasteiger charge is -2.00. The zero-order chi connectivity index (χ0) is 18.4. The fraction of sp³-hybridized carbons (Fsp3) is 0.222. The second-order valence-electron chi connectivity index (χ2n) is 5.35. The Hall–Kier alpha value is -3.22. The maximum absolute atomic E-state index is 8.25. The highest BCUT2D eigenvalue weighted by Crippen LogP contribution is 2.19. The van der Waals surface area contributed by atoms with Gasteiger partial charge in [0.05, 0.1) is 24.2 Å². The van der Waals surface area contributed by atoms with Crippen LogP contribution in [0.2, 0.25) is 0 Å². The van der Waals surface area contributed by atoms with Crippen molar-refractivity contribution in [3.05, 3.63) is 53.0 Å². The standard InChI is InChI=1S/C17H18N4O.CH2O2/c1-11-9-12(2)21(20-11)17-18-13(3)16(19-17)10-14-5-7-15(22-4)8-6-14;2-1-3/h5-10H,1-4H3;1H,(H,2,3)/p-1. The lowest BCUT2D eigenvalue weighted by atomic mass is 10.1. The first kappa shape index (κ1) is 18.1. The maximum Gasteiger partial charge on any atom is 0.251 e. The summed E-state index contributed by atoms with van der Waals surface area (Å²) in [4.78, 5) is 17.4. The number of methoxy groups -OCH3 is 1. The van der Waals surface area contributed by atoms with E-state index in [4.69, 9.17) is 14.6 Å². The van der Waals surface area contributed by atoms with Gasteiger partial charge in [0.15, 0.2) is 0 Å². The number of ether oxygens (including phenoxy) is 1. The predicted octanol–water partition coefficient (Wildman–Crippen LogP) is 1.59. The van der Waals surface area contributed by atoms with Crippen LogP contribution in [-0.2, 0) is 4.79 Å². The van der Waals surface area contributed by atoms with Crippen molar-refractivity contribution in [1.82, 2.24) is 9.78 Å². The first-order chi connectivity index (χ1) is 12.0. The SMILES string of the molecule is COc1ccc(C=C2N=C(n3nc(C)cc3C)N=C2C)cc1.O=C[O-]. The zero-order valence-corrected chi connectivity index (χ0v) is 14.6. The van der Waals surface area contributed by atoms with Gasteiger partial charge in [0, 0.05) is 12.2 Å². The van der Waals surface area contributed by atoms with E-state index >= 15 is 0 Å². The van der Waals surface area contributed by atoms with Crippen LogP contribution in [0, 0.1) is 13.8 Å². The molecule has 1 aromatic carbocycles. The molecule has 130 valence electrons. The summed E-state index contributed by atoms with van der Waals surface area (Å²) >= 11 is 0. The number of allylic oxidation sites excluding steroid dienone is 1. The first-order valence-corrected chi connectivity index (χ1v) is 7.58. The highest BCUT2D eigenvalue weighted by Gasteiger charge is 2.16. The van der Waals surface area contributed by atoms with Crippen molar-refractivity contribution in [2.45, 2.75) is 20.8 Å². The molecule has 0 saturated carbocycles. The van der Waals surface area contributed by atoms with E-state index in [0.29, 0.717) is 5.96 Å². The Bertz CT molecular complexity index is 846. The summed E-state index contributed by atoms with van der Waals surface area (Å²) in [6.07, 6.45) is 2.01. The van der Waals surface area contributed by atoms with Crippen molar-refractivity contribution in [1.29, 1.82) is 0 Å². The molecule has 25 heavy (non-hydrogen) atoms. The summed E-state index contributed by atoms with van der Waals surface area (Å²) in [5.41, 5.74) is 4.79. The summed E-state index contributed by atoms with van der Waals surface area (Å²) in [6.45, 7) is 5.42. The topological polar surface area (TPSA) is 91.9 Å². The van der Waals surface area contributed by atoms with Crippen molar-refractivity contribution < 1.29 is 14.6 Å². The number of aliphatic imine (C=N–C) groups is 2. The van der Waals surface area contributed by atoms with Crippen LogP contribution in [-0.4, -0.2) is 35.0 Å². The van der Waals surface area contributed by atoms with Gasteiger partial charge < -0.3 is 14.6 Å². The van der Waals surface area contributed by atoms with Gasteiger partial charge in [-0.05, 0) is 50.6 Å². The quantitative estimate of drug-likeness (QED) is 0.777. The van der Waals surface area contributed by atoms with Crippen LogP contribution in [0.3, 0.4) is 0 Å². The van der Waals surface area contributed by atoms with Gasteiger partial charge in [-0.3, -0.25) is 0 Å². The molecule has 0 spiro atoms. The molecule has 0 saturated heterocycles. The Morgan fingerprint density at radius 3 is 2.28 bits per heavy atom. The van der Waals surface area contributed by atoms with Crippen molar-refractivity contribution in [3.8, 4) is 5.75 Å². The summed E-state index contributed by atoms with van der Waals surface area (Å²) in [5.74, 6) is 1.45. The minimum absolute atomic E-state index is 0.500. The lowest BCUT2D eigenvalue weighted by Crippen LogP contribution is -2.11. The van der Waals surface area contributed by atoms with Gasteiger partial charge >= 0.3 is 0 Å². The summed E-state index contributed by atoms with van der Waals surface area (Å²) < 4.78 is 6.94. The molecule has 0 N–H and O–H groups in total. The van der Waals surface area contributed by atoms with Crippen molar-refractivity contribution in [2.24, 2.45) is 9.98 Å². The molecule has 1 aliphatic rings. The Balaban J connectivity index is 0.000000701. The van der Waals surface area contributed by atoms with Crippen molar-refractivity contribution in [3.63, 3.8) is 0 Å². The molecule has 2 aromatic rings. The van der Waals surface area contributed by atoms with Crippen LogP contribution < -0.4 is 9.84 Å². The molecule has 2 heterocycles. The van der Waals surface area contributed by atoms with E-state index in [9.17, 15) is 0 Å². The molecule has 0 unspecified atom stereocenters. The number of carboxylic acid groups (broad SMARTS) is 1. The molecule has 0 amide bonds. The number of aromatic nitrogens is 2. The summed E-state index contributed by atoms with van der Waals surface area (Å²) in [5, 5.41) is 12.7. The number of nitrogens with zero attached hydrogens (tertiary/aromatic N) is 4. The van der Waals surface area contributed by atoms with E-state index in [1.165, 1.54) is 0 Å². The Morgan fingerprint density at radius 1 is 1.12 bits per heavy atom. The molecule has 1 aromatic heterocycles. The average molecular weight is 339 g/mol. The van der Waals surface area contributed by atoms with Gasteiger partial charge in [0.1, 0.15) is 5.75 Å². The van der Waals surface area contributed by atoms with E-state index in [1.807, 2.05) is 57.2 Å². The van der Waals surface area contributed by atoms with E-state index in [-0.39, 0.29) is 0 Å². The summed E-state index contributed by atoms with van der Waals surface area (Å²) in [6, 6.07) is 9.86.